The summed E-state index contributed by atoms with van der Waals surface area (Å²) in [6.45, 7) is 11.1. The SMILES string of the molecule is CC(C)CCCCCCCCCCCCCCC(=O)O.CCCCC/C=C\C/C=C\CCCCCCCC(=O)O.CCCCCCCC/C=C\CCCCCCCC(=O)CC. The molecule has 0 aromatic carbocycles. The Morgan fingerprint density at radius 3 is 0.984 bits per heavy atom. The summed E-state index contributed by atoms with van der Waals surface area (Å²) in [5, 5.41) is 17.0. The van der Waals surface area contributed by atoms with Crippen molar-refractivity contribution >= 4 is 17.7 Å². The third-order valence-corrected chi connectivity index (χ3v) is 11.4. The van der Waals surface area contributed by atoms with E-state index in [1.165, 1.54) is 193 Å². The second-order valence-electron chi connectivity index (χ2n) is 18.2. The number of allylic oxidation sites excluding steroid dienone is 6. The molecule has 0 aromatic rings. The van der Waals surface area contributed by atoms with Gasteiger partial charge < -0.3 is 10.2 Å². The summed E-state index contributed by atoms with van der Waals surface area (Å²) in [6, 6.07) is 0. The molecule has 0 spiro atoms. The number of Topliss-reactive ketones (excluding diaryl/α,β-unsaturated/α-hetero) is 1. The van der Waals surface area contributed by atoms with Gasteiger partial charge in [-0.1, -0.05) is 232 Å². The molecular formula is C56H106O5. The van der Waals surface area contributed by atoms with Crippen LogP contribution in [0.15, 0.2) is 36.5 Å². The Labute approximate surface area is 381 Å². The molecule has 0 bridgehead atoms. The molecule has 0 radical (unpaired) electrons. The first kappa shape index (κ1) is 63.1. The third kappa shape index (κ3) is 69.8. The minimum absolute atomic E-state index is 0.324. The van der Waals surface area contributed by atoms with Crippen molar-refractivity contribution in [3.8, 4) is 0 Å². The highest BCUT2D eigenvalue weighted by molar-refractivity contribution is 5.77. The van der Waals surface area contributed by atoms with Crippen molar-refractivity contribution < 1.29 is 24.6 Å². The first-order valence-corrected chi connectivity index (χ1v) is 26.6. The van der Waals surface area contributed by atoms with Crippen LogP contribution in [0.5, 0.6) is 0 Å². The third-order valence-electron chi connectivity index (χ3n) is 11.4. The predicted octanol–water partition coefficient (Wildman–Crippen LogP) is 19.1. The van der Waals surface area contributed by atoms with E-state index in [4.69, 9.17) is 10.2 Å². The maximum atomic E-state index is 11.1. The van der Waals surface area contributed by atoms with Crippen LogP contribution in [-0.4, -0.2) is 27.9 Å². The maximum absolute atomic E-state index is 11.1. The standard InChI is InChI=1S/C20H38O.C18H36O2.C18H32O2/c1-3-5-6-7-8-9-10-11-12-13-14-15-16-17-18-19-20(21)4-2;1-17(2)15-13-11-9-7-5-3-4-6-8-10-12-14-16-18(19)20;1-2-3-4-5-6-7-8-9-10-11-12-13-14-15-16-17-18(19)20/h11-12H,3-10,13-19H2,1-2H3;17H,3-16H2,1-2H3,(H,19,20);6-7,9-10H,2-5,8,11-17H2,1H3,(H,19,20)/b12-11-;;7-6-,10-9-. The van der Waals surface area contributed by atoms with Crippen molar-refractivity contribution in [2.45, 2.75) is 298 Å². The average Bonchev–Trinajstić information content (AvgIpc) is 3.23. The molecule has 61 heavy (non-hydrogen) atoms. The van der Waals surface area contributed by atoms with Crippen LogP contribution in [0.1, 0.15) is 298 Å². The number of hydrogen-bond acceptors (Lipinski definition) is 3. The Hall–Kier alpha value is -2.17. The molecule has 360 valence electrons. The number of rotatable bonds is 45. The average molecular weight is 859 g/mol. The quantitative estimate of drug-likeness (QED) is 0.0470. The van der Waals surface area contributed by atoms with Gasteiger partial charge >= 0.3 is 11.9 Å². The van der Waals surface area contributed by atoms with Gasteiger partial charge in [-0.05, 0) is 83.0 Å². The van der Waals surface area contributed by atoms with Crippen LogP contribution in [0.4, 0.5) is 0 Å². The molecule has 0 saturated carbocycles. The predicted molar refractivity (Wildman–Crippen MR) is 269 cm³/mol. The molecule has 0 unspecified atom stereocenters. The molecule has 5 heteroatoms. The number of carboxylic acids is 2. The van der Waals surface area contributed by atoms with Crippen molar-refractivity contribution in [1.29, 1.82) is 0 Å². The largest absolute Gasteiger partial charge is 0.481 e. The first-order chi connectivity index (χ1) is 29.7. The number of aliphatic carboxylic acids is 2. The first-order valence-electron chi connectivity index (χ1n) is 26.6. The van der Waals surface area contributed by atoms with Crippen LogP contribution in [0.2, 0.25) is 0 Å². The number of ketones is 1. The van der Waals surface area contributed by atoms with Crippen molar-refractivity contribution in [3.05, 3.63) is 36.5 Å². The molecule has 0 aliphatic carbocycles. The highest BCUT2D eigenvalue weighted by Crippen LogP contribution is 2.15. The number of carbonyl (C=O) groups is 3. The van der Waals surface area contributed by atoms with Crippen LogP contribution >= 0.6 is 0 Å². The van der Waals surface area contributed by atoms with Gasteiger partial charge in [-0.2, -0.15) is 0 Å². The van der Waals surface area contributed by atoms with Gasteiger partial charge in [0.25, 0.3) is 0 Å². The Morgan fingerprint density at radius 2 is 0.639 bits per heavy atom. The van der Waals surface area contributed by atoms with Crippen molar-refractivity contribution in [3.63, 3.8) is 0 Å². The summed E-state index contributed by atoms with van der Waals surface area (Å²) in [5.41, 5.74) is 0. The normalized spacial score (nSPS) is 11.4. The minimum Gasteiger partial charge on any atom is -0.481 e. The summed E-state index contributed by atoms with van der Waals surface area (Å²) < 4.78 is 0. The summed E-state index contributed by atoms with van der Waals surface area (Å²) >= 11 is 0. The Morgan fingerprint density at radius 1 is 0.361 bits per heavy atom. The lowest BCUT2D eigenvalue weighted by atomic mass is 10.0. The van der Waals surface area contributed by atoms with Gasteiger partial charge in [0.2, 0.25) is 0 Å². The van der Waals surface area contributed by atoms with Crippen LogP contribution < -0.4 is 0 Å². The van der Waals surface area contributed by atoms with Crippen molar-refractivity contribution in [1.82, 2.24) is 0 Å². The number of unbranched alkanes of at least 4 members (excludes halogenated alkanes) is 30. The molecule has 0 saturated heterocycles. The van der Waals surface area contributed by atoms with E-state index >= 15 is 0 Å². The lowest BCUT2D eigenvalue weighted by Crippen LogP contribution is -1.93. The zero-order valence-corrected chi connectivity index (χ0v) is 41.7. The van der Waals surface area contributed by atoms with Gasteiger partial charge in [-0.3, -0.25) is 14.4 Å². The van der Waals surface area contributed by atoms with Crippen LogP contribution in [0.3, 0.4) is 0 Å². The number of hydrogen-bond donors (Lipinski definition) is 2. The maximum Gasteiger partial charge on any atom is 0.303 e. The van der Waals surface area contributed by atoms with E-state index in [1.54, 1.807) is 0 Å². The van der Waals surface area contributed by atoms with Crippen molar-refractivity contribution in [2.24, 2.45) is 5.92 Å². The molecule has 0 atom stereocenters. The molecule has 0 rings (SSSR count). The van der Waals surface area contributed by atoms with Crippen LogP contribution in [0, 0.1) is 5.92 Å². The fourth-order valence-corrected chi connectivity index (χ4v) is 7.25. The van der Waals surface area contributed by atoms with E-state index in [-0.39, 0.29) is 0 Å². The number of carboxylic acid groups (broad SMARTS) is 2. The molecule has 0 aromatic heterocycles. The van der Waals surface area contributed by atoms with Gasteiger partial charge in [-0.25, -0.2) is 0 Å². The number of carbonyl (C=O) groups excluding carboxylic acids is 1. The van der Waals surface area contributed by atoms with E-state index in [9.17, 15) is 14.4 Å². The van der Waals surface area contributed by atoms with E-state index in [0.29, 0.717) is 25.0 Å². The van der Waals surface area contributed by atoms with Crippen LogP contribution in [0.25, 0.3) is 0 Å². The summed E-state index contributed by atoms with van der Waals surface area (Å²) in [7, 11) is 0. The summed E-state index contributed by atoms with van der Waals surface area (Å²) in [4.78, 5) is 31.8. The Bertz CT molecular complexity index is 964. The molecular weight excluding hydrogens is 753 g/mol. The molecule has 0 aliphatic rings. The fourth-order valence-electron chi connectivity index (χ4n) is 7.25. The Balaban J connectivity index is -0.000000828. The molecule has 2 N–H and O–H groups in total. The van der Waals surface area contributed by atoms with Gasteiger partial charge in [0, 0.05) is 25.7 Å². The Kier molecular flexibility index (Phi) is 59.8. The highest BCUT2D eigenvalue weighted by atomic mass is 16.4. The van der Waals surface area contributed by atoms with E-state index in [0.717, 1.165) is 57.3 Å². The second kappa shape index (κ2) is 57.8. The van der Waals surface area contributed by atoms with Crippen molar-refractivity contribution in [2.75, 3.05) is 0 Å². The van der Waals surface area contributed by atoms with Gasteiger partial charge in [0.15, 0.2) is 0 Å². The lowest BCUT2D eigenvalue weighted by molar-refractivity contribution is -0.138. The van der Waals surface area contributed by atoms with E-state index in [2.05, 4.69) is 64.2 Å². The van der Waals surface area contributed by atoms with Crippen LogP contribution in [-0.2, 0) is 14.4 Å². The van der Waals surface area contributed by atoms with Gasteiger partial charge in [0.1, 0.15) is 5.78 Å². The monoisotopic (exact) mass is 859 g/mol. The molecule has 0 aliphatic heterocycles. The van der Waals surface area contributed by atoms with E-state index < -0.39 is 11.9 Å². The molecule has 0 amide bonds. The molecule has 0 heterocycles. The fraction of sp³-hybridized carbons (Fsp3) is 0.839. The minimum atomic E-state index is -0.671. The molecule has 0 fully saturated rings. The zero-order valence-electron chi connectivity index (χ0n) is 41.7. The summed E-state index contributed by atoms with van der Waals surface area (Å²) in [5.74, 6) is -0.0350. The highest BCUT2D eigenvalue weighted by Gasteiger charge is 2.00. The molecule has 5 nitrogen and oxygen atoms in total. The topological polar surface area (TPSA) is 91.7 Å². The lowest BCUT2D eigenvalue weighted by Gasteiger charge is -2.04. The van der Waals surface area contributed by atoms with Gasteiger partial charge in [-0.15, -0.1) is 0 Å². The summed E-state index contributed by atoms with van der Waals surface area (Å²) in [6.07, 6.45) is 63.0. The zero-order chi connectivity index (χ0) is 45.5. The van der Waals surface area contributed by atoms with Gasteiger partial charge in [0.05, 0.1) is 0 Å². The smallest absolute Gasteiger partial charge is 0.303 e. The second-order valence-corrected chi connectivity index (χ2v) is 18.2. The van der Waals surface area contributed by atoms with E-state index in [1.807, 2.05) is 6.92 Å².